The number of nitrogens with one attached hydrogen (secondary N) is 9. The SMILES string of the molecule is CCCCCCCC[C@@H](C(=O)N[C@@H](CC(C)C)C(=O)NC(C)(C)C(=O)N[C@@H](CC(C)C)C(=O)N[C@@H](CC(C)C)C(=O)NC(C)(C)C(=O)NC(C)(C)C(=O)NCCC(=O)N[C@@H](C)CN(C)C)N(C=O)[C@@H]1CCCN1C(=O)c1ccc2[nH]ccc2c1. The molecular weight excluding hydrogens is 1070 g/mol. The topological polar surface area (TPSA) is 292 Å². The van der Waals surface area contributed by atoms with Crippen LogP contribution in [-0.2, 0) is 43.2 Å². The summed E-state index contributed by atoms with van der Waals surface area (Å²) in [6.07, 6.45) is 9.17. The number of rotatable bonds is 36. The van der Waals surface area contributed by atoms with E-state index in [0.29, 0.717) is 50.7 Å². The maximum absolute atomic E-state index is 14.7. The summed E-state index contributed by atoms with van der Waals surface area (Å²) in [4.78, 5) is 147. The normalized spacial score (nSPS) is 15.7. The zero-order chi connectivity index (χ0) is 63.3. The molecule has 1 saturated heterocycles. The quantitative estimate of drug-likeness (QED) is 0.0317. The molecule has 1 aliphatic rings. The number of aromatic nitrogens is 1. The molecule has 6 atom stereocenters. The minimum absolute atomic E-state index is 0.0274. The number of carbonyl (C=O) groups excluding carboxylic acids is 10. The molecule has 22 heteroatoms. The van der Waals surface area contributed by atoms with Crippen molar-refractivity contribution in [1.29, 1.82) is 0 Å². The number of hydrogen-bond acceptors (Lipinski definition) is 11. The van der Waals surface area contributed by atoms with Crippen molar-refractivity contribution in [2.45, 2.75) is 233 Å². The van der Waals surface area contributed by atoms with Gasteiger partial charge in [0.05, 0.1) is 0 Å². The van der Waals surface area contributed by atoms with Crippen LogP contribution in [0.4, 0.5) is 0 Å². The Morgan fingerprint density at radius 3 is 1.75 bits per heavy atom. The van der Waals surface area contributed by atoms with Crippen molar-refractivity contribution >= 4 is 70.5 Å². The summed E-state index contributed by atoms with van der Waals surface area (Å²) >= 11 is 0. The van der Waals surface area contributed by atoms with Gasteiger partial charge in [-0.2, -0.15) is 0 Å². The van der Waals surface area contributed by atoms with Gasteiger partial charge in [-0.15, -0.1) is 0 Å². The van der Waals surface area contributed by atoms with Gasteiger partial charge in [-0.1, -0.05) is 87.0 Å². The summed E-state index contributed by atoms with van der Waals surface area (Å²) in [5.74, 6) is -5.37. The largest absolute Gasteiger partial charge is 0.361 e. The van der Waals surface area contributed by atoms with Crippen molar-refractivity contribution in [2.24, 2.45) is 17.8 Å². The zero-order valence-electron chi connectivity index (χ0n) is 53.4. The van der Waals surface area contributed by atoms with E-state index in [-0.39, 0.29) is 67.8 Å². The molecule has 2 aromatic rings. The molecule has 9 N–H and O–H groups in total. The molecule has 0 saturated carbocycles. The number of benzene rings is 1. The third-order valence-corrected chi connectivity index (χ3v) is 14.9. The highest BCUT2D eigenvalue weighted by Gasteiger charge is 2.43. The lowest BCUT2D eigenvalue weighted by atomic mass is 9.96. The molecule has 1 aromatic heterocycles. The Morgan fingerprint density at radius 2 is 1.19 bits per heavy atom. The Morgan fingerprint density at radius 1 is 0.655 bits per heavy atom. The van der Waals surface area contributed by atoms with Crippen LogP contribution in [0, 0.1) is 17.8 Å². The van der Waals surface area contributed by atoms with Crippen LogP contribution in [0.1, 0.15) is 191 Å². The van der Waals surface area contributed by atoms with Crippen LogP contribution >= 0.6 is 0 Å². The van der Waals surface area contributed by atoms with Crippen molar-refractivity contribution in [2.75, 3.05) is 33.7 Å². The van der Waals surface area contributed by atoms with Crippen molar-refractivity contribution in [3.63, 3.8) is 0 Å². The third-order valence-electron chi connectivity index (χ3n) is 14.9. The van der Waals surface area contributed by atoms with Crippen molar-refractivity contribution in [3.8, 4) is 0 Å². The van der Waals surface area contributed by atoms with Crippen molar-refractivity contribution in [3.05, 3.63) is 36.0 Å². The van der Waals surface area contributed by atoms with Crippen LogP contribution in [0.2, 0.25) is 0 Å². The van der Waals surface area contributed by atoms with Crippen LogP contribution in [0.25, 0.3) is 10.9 Å². The molecule has 1 aromatic carbocycles. The Kier molecular flexibility index (Phi) is 28.3. The molecule has 0 spiro atoms. The van der Waals surface area contributed by atoms with Gasteiger partial charge < -0.3 is 62.2 Å². The Hall–Kier alpha value is -6.58. The Balaban J connectivity index is 1.78. The van der Waals surface area contributed by atoms with E-state index >= 15 is 0 Å². The number of hydrogen-bond donors (Lipinski definition) is 9. The summed E-state index contributed by atoms with van der Waals surface area (Å²) < 4.78 is 0. The van der Waals surface area contributed by atoms with Gasteiger partial charge in [0.25, 0.3) is 5.91 Å². The number of likely N-dealkylation sites (tertiary alicyclic amines) is 1. The zero-order valence-corrected chi connectivity index (χ0v) is 53.4. The van der Waals surface area contributed by atoms with E-state index < -0.39 is 88.3 Å². The van der Waals surface area contributed by atoms with Crippen LogP contribution in [-0.4, -0.2) is 166 Å². The van der Waals surface area contributed by atoms with E-state index in [1.54, 1.807) is 23.2 Å². The number of unbranched alkanes of at least 4 members (excludes halogenated alkanes) is 5. The standard InChI is InChI=1S/C62H104N12O10/c1-17-18-19-20-21-22-24-49(74(38-75)51-25-23-32-73(51)56(81)44-26-27-45-43(36-44)28-30-63-45)55(80)67-48(35-41(6)7)54(79)69-61(11,12)58(83)68-46(33-39(2)3)52(77)66-47(34-40(4)5)53(78)70-62(13,14)59(84)71-60(9,10)57(82)64-31-29-50(76)65-42(8)37-72(15)16/h26-28,30,36,38-42,46-49,51,63H,17-25,29,31-35,37H2,1-16H3,(H,64,82)(H,65,76)(H,66,77)(H,67,80)(H,68,83)(H,69,79)(H,70,78)(H,71,84)/t42-,46-,47-,48-,49-,51+/m0/s1. The fourth-order valence-electron chi connectivity index (χ4n) is 10.4. The van der Waals surface area contributed by atoms with Gasteiger partial charge in [0.2, 0.25) is 53.7 Å². The molecule has 84 heavy (non-hydrogen) atoms. The first-order valence-electron chi connectivity index (χ1n) is 30.4. The summed E-state index contributed by atoms with van der Waals surface area (Å²) in [7, 11) is 3.80. The summed E-state index contributed by atoms with van der Waals surface area (Å²) in [6.45, 7) is 25.2. The highest BCUT2D eigenvalue weighted by atomic mass is 16.2. The second-order valence-electron chi connectivity index (χ2n) is 26.1. The molecular formula is C62H104N12O10. The lowest BCUT2D eigenvalue weighted by molar-refractivity contribution is -0.140. The highest BCUT2D eigenvalue weighted by Crippen LogP contribution is 2.28. The number of nitrogens with zero attached hydrogens (tertiary/aromatic N) is 3. The molecule has 1 fully saturated rings. The van der Waals surface area contributed by atoms with E-state index in [9.17, 15) is 47.9 Å². The maximum atomic E-state index is 14.7. The van der Waals surface area contributed by atoms with E-state index in [0.717, 1.165) is 43.0 Å². The van der Waals surface area contributed by atoms with E-state index in [1.807, 2.05) is 79.6 Å². The fraction of sp³-hybridized carbons (Fsp3) is 0.710. The first-order chi connectivity index (χ1) is 39.2. The molecule has 472 valence electrons. The fourth-order valence-corrected chi connectivity index (χ4v) is 10.4. The van der Waals surface area contributed by atoms with Gasteiger partial charge in [0.1, 0.15) is 46.9 Å². The van der Waals surface area contributed by atoms with Gasteiger partial charge >= 0.3 is 0 Å². The lowest BCUT2D eigenvalue weighted by Crippen LogP contribution is -2.65. The van der Waals surface area contributed by atoms with Crippen molar-refractivity contribution in [1.82, 2.24) is 62.2 Å². The maximum Gasteiger partial charge on any atom is 0.255 e. The number of amides is 10. The molecule has 2 heterocycles. The average molecular weight is 1180 g/mol. The second-order valence-corrected chi connectivity index (χ2v) is 26.1. The predicted molar refractivity (Wildman–Crippen MR) is 327 cm³/mol. The van der Waals surface area contributed by atoms with Gasteiger partial charge in [-0.05, 0) is 143 Å². The van der Waals surface area contributed by atoms with E-state index in [2.05, 4.69) is 54.4 Å². The minimum atomic E-state index is -1.65. The predicted octanol–water partition coefficient (Wildman–Crippen LogP) is 5.16. The average Bonchev–Trinajstić information content (AvgIpc) is 3.11. The van der Waals surface area contributed by atoms with Crippen LogP contribution in [0.15, 0.2) is 30.5 Å². The lowest BCUT2D eigenvalue weighted by Gasteiger charge is -2.38. The minimum Gasteiger partial charge on any atom is -0.361 e. The Bertz CT molecular complexity index is 2540. The smallest absolute Gasteiger partial charge is 0.255 e. The van der Waals surface area contributed by atoms with Crippen LogP contribution in [0.5, 0.6) is 0 Å². The van der Waals surface area contributed by atoms with Gasteiger partial charge in [0, 0.05) is 54.8 Å². The van der Waals surface area contributed by atoms with E-state index in [1.165, 1.54) is 46.4 Å². The first kappa shape index (κ1) is 71.7. The summed E-state index contributed by atoms with van der Waals surface area (Å²) in [6, 6.07) is 2.66. The molecule has 0 unspecified atom stereocenters. The number of H-pyrrole nitrogens is 1. The Labute approximate surface area is 499 Å². The molecule has 0 radical (unpaired) electrons. The van der Waals surface area contributed by atoms with E-state index in [4.69, 9.17) is 0 Å². The summed E-state index contributed by atoms with van der Waals surface area (Å²) in [5, 5.41) is 23.2. The van der Waals surface area contributed by atoms with Crippen LogP contribution in [0.3, 0.4) is 0 Å². The monoisotopic (exact) mass is 1180 g/mol. The van der Waals surface area contributed by atoms with Crippen molar-refractivity contribution < 1.29 is 47.9 Å². The highest BCUT2D eigenvalue weighted by molar-refractivity contribution is 6.01. The van der Waals surface area contributed by atoms with Gasteiger partial charge in [-0.3, -0.25) is 47.9 Å². The number of aromatic amines is 1. The molecule has 0 bridgehead atoms. The molecule has 10 amide bonds. The molecule has 22 nitrogen and oxygen atoms in total. The van der Waals surface area contributed by atoms with Crippen LogP contribution < -0.4 is 42.5 Å². The van der Waals surface area contributed by atoms with Gasteiger partial charge in [0.15, 0.2) is 0 Å². The second kappa shape index (κ2) is 33.2. The third kappa shape index (κ3) is 22.8. The number of carbonyl (C=O) groups is 10. The number of fused-ring (bicyclic) bond motifs is 1. The number of likely N-dealkylation sites (N-methyl/N-ethyl adjacent to an activating group) is 1. The summed E-state index contributed by atoms with van der Waals surface area (Å²) in [5.41, 5.74) is -3.34. The van der Waals surface area contributed by atoms with Gasteiger partial charge in [-0.25, -0.2) is 0 Å². The first-order valence-corrected chi connectivity index (χ1v) is 30.4. The molecule has 0 aliphatic carbocycles. The molecule has 1 aliphatic heterocycles. The molecule has 3 rings (SSSR count).